The van der Waals surface area contributed by atoms with Crippen molar-refractivity contribution in [2.24, 2.45) is 10.8 Å². The van der Waals surface area contributed by atoms with Crippen molar-refractivity contribution in [3.05, 3.63) is 0 Å². The zero-order valence-electron chi connectivity index (χ0n) is 16.0. The van der Waals surface area contributed by atoms with Crippen LogP contribution in [0.25, 0.3) is 0 Å². The molecule has 0 fully saturated rings. The topological polar surface area (TPSA) is 55.3 Å². The van der Waals surface area contributed by atoms with Gasteiger partial charge in [-0.3, -0.25) is 0 Å². The van der Waals surface area contributed by atoms with E-state index in [0.717, 1.165) is 6.54 Å². The maximum absolute atomic E-state index is 4.39. The largest absolute Gasteiger partial charge is 1.00 e. The lowest BCUT2D eigenvalue weighted by atomic mass is 9.57. The Bertz CT molecular complexity index is 258. The van der Waals surface area contributed by atoms with Gasteiger partial charge in [-0.1, -0.05) is 59.8 Å². The Labute approximate surface area is 161 Å². The molecule has 0 aromatic carbocycles. The molecule has 0 saturated carbocycles. The van der Waals surface area contributed by atoms with Gasteiger partial charge in [0.15, 0.2) is 0 Å². The second kappa shape index (κ2) is 12.3. The summed E-state index contributed by atoms with van der Waals surface area (Å²) in [6.07, 6.45) is 11.0. The number of unbranched alkanes of at least 4 members (excludes halogenated alkanes) is 6. The van der Waals surface area contributed by atoms with Crippen LogP contribution < -0.4 is 45.4 Å². The van der Waals surface area contributed by atoms with Crippen LogP contribution in [0.5, 0.6) is 0 Å². The molecule has 0 amide bonds. The fraction of sp³-hybridized carbons (Fsp3) is 1.00. The fourth-order valence-corrected chi connectivity index (χ4v) is 2.86. The fourth-order valence-electron chi connectivity index (χ4n) is 2.86. The molecule has 2 nitrogen and oxygen atoms in total. The van der Waals surface area contributed by atoms with Crippen molar-refractivity contribution in [2.75, 3.05) is 6.54 Å². The molecule has 0 atom stereocenters. The molecule has 22 heavy (non-hydrogen) atoms. The second-order valence-electron chi connectivity index (χ2n) is 8.47. The Balaban J connectivity index is -0.00000180. The highest BCUT2D eigenvalue weighted by atomic mass is 79.9. The van der Waals surface area contributed by atoms with Crippen LogP contribution in [-0.2, 0) is 0 Å². The first-order chi connectivity index (χ1) is 9.06. The number of rotatable bonds is 11. The molecule has 0 saturated heterocycles. The molecular formula is C18H42Br2N2. The van der Waals surface area contributed by atoms with Crippen LogP contribution in [0.4, 0.5) is 0 Å². The average molecular weight is 446 g/mol. The van der Waals surface area contributed by atoms with E-state index in [4.69, 9.17) is 0 Å². The van der Waals surface area contributed by atoms with Crippen LogP contribution >= 0.6 is 0 Å². The predicted molar refractivity (Wildman–Crippen MR) is 89.2 cm³/mol. The molecule has 4 heteroatoms. The zero-order chi connectivity index (χ0) is 15.9. The lowest BCUT2D eigenvalue weighted by Crippen LogP contribution is -3.00. The summed E-state index contributed by atoms with van der Waals surface area (Å²) in [6, 6.07) is 0. The average Bonchev–Trinajstić information content (AvgIpc) is 2.31. The Morgan fingerprint density at radius 2 is 1.00 bits per heavy atom. The molecule has 0 aliphatic carbocycles. The minimum atomic E-state index is 0. The van der Waals surface area contributed by atoms with Crippen molar-refractivity contribution in [1.29, 1.82) is 0 Å². The van der Waals surface area contributed by atoms with Crippen molar-refractivity contribution < 1.29 is 45.4 Å². The Morgan fingerprint density at radius 3 is 1.36 bits per heavy atom. The highest BCUT2D eigenvalue weighted by molar-refractivity contribution is 4.95. The predicted octanol–water partition coefficient (Wildman–Crippen LogP) is -2.57. The summed E-state index contributed by atoms with van der Waals surface area (Å²) < 4.78 is 0. The molecule has 0 spiro atoms. The first-order valence-corrected chi connectivity index (χ1v) is 8.71. The SMILES string of the molecule is CC(C)([NH3+])C(C)(C)C(C)(C)CCCCCCCCC[NH3+].[Br-].[Br-]. The highest BCUT2D eigenvalue weighted by Gasteiger charge is 2.48. The lowest BCUT2D eigenvalue weighted by molar-refractivity contribution is -0.501. The molecule has 0 aromatic heterocycles. The van der Waals surface area contributed by atoms with E-state index in [2.05, 4.69) is 53.0 Å². The molecule has 0 rings (SSSR count). The maximum Gasteiger partial charge on any atom is 0.0945 e. The van der Waals surface area contributed by atoms with E-state index >= 15 is 0 Å². The Hall–Kier alpha value is 0.880. The van der Waals surface area contributed by atoms with Crippen LogP contribution in [0.1, 0.15) is 92.9 Å². The van der Waals surface area contributed by atoms with Crippen LogP contribution in [0.3, 0.4) is 0 Å². The van der Waals surface area contributed by atoms with Gasteiger partial charge in [0, 0.05) is 5.41 Å². The smallest absolute Gasteiger partial charge is 0.0945 e. The van der Waals surface area contributed by atoms with Gasteiger partial charge in [0.2, 0.25) is 0 Å². The number of hydrogen-bond acceptors (Lipinski definition) is 0. The molecule has 0 radical (unpaired) electrons. The van der Waals surface area contributed by atoms with Crippen LogP contribution in [0.15, 0.2) is 0 Å². The monoisotopic (exact) mass is 444 g/mol. The summed E-state index contributed by atoms with van der Waals surface area (Å²) in [5.41, 5.74) is 9.01. The van der Waals surface area contributed by atoms with Gasteiger partial charge < -0.3 is 45.4 Å². The van der Waals surface area contributed by atoms with Crippen molar-refractivity contribution in [2.45, 2.75) is 98.4 Å². The summed E-state index contributed by atoms with van der Waals surface area (Å²) in [5.74, 6) is 0. The molecule has 6 N–H and O–H groups in total. The third-order valence-corrected chi connectivity index (χ3v) is 5.94. The van der Waals surface area contributed by atoms with Gasteiger partial charge in [0.1, 0.15) is 0 Å². The summed E-state index contributed by atoms with van der Waals surface area (Å²) in [5, 5.41) is 0. The summed E-state index contributed by atoms with van der Waals surface area (Å²) in [7, 11) is 0. The molecule has 138 valence electrons. The Kier molecular flexibility index (Phi) is 15.5. The first kappa shape index (κ1) is 27.7. The third kappa shape index (κ3) is 9.24. The molecular weight excluding hydrogens is 404 g/mol. The quantitative estimate of drug-likeness (QED) is 0.328. The molecule has 0 aliphatic heterocycles. The van der Waals surface area contributed by atoms with Gasteiger partial charge in [-0.2, -0.15) is 0 Å². The van der Waals surface area contributed by atoms with E-state index in [1.807, 2.05) is 0 Å². The Morgan fingerprint density at radius 1 is 0.636 bits per heavy atom. The lowest BCUT2D eigenvalue weighted by Gasteiger charge is -2.48. The normalized spacial score (nSPS) is 12.5. The highest BCUT2D eigenvalue weighted by Crippen LogP contribution is 2.47. The first-order valence-electron chi connectivity index (χ1n) is 8.71. The van der Waals surface area contributed by atoms with Crippen molar-refractivity contribution in [1.82, 2.24) is 0 Å². The third-order valence-electron chi connectivity index (χ3n) is 5.94. The van der Waals surface area contributed by atoms with Crippen molar-refractivity contribution in [3.8, 4) is 0 Å². The summed E-state index contributed by atoms with van der Waals surface area (Å²) in [6.45, 7) is 15.3. The van der Waals surface area contributed by atoms with E-state index in [1.54, 1.807) is 0 Å². The zero-order valence-corrected chi connectivity index (χ0v) is 19.2. The number of hydrogen-bond donors (Lipinski definition) is 2. The van der Waals surface area contributed by atoms with Crippen LogP contribution in [0.2, 0.25) is 0 Å². The number of halogens is 2. The van der Waals surface area contributed by atoms with E-state index in [9.17, 15) is 0 Å². The molecule has 0 aromatic rings. The van der Waals surface area contributed by atoms with Gasteiger partial charge >= 0.3 is 0 Å². The molecule has 0 aliphatic rings. The van der Waals surface area contributed by atoms with E-state index in [-0.39, 0.29) is 44.9 Å². The minimum absolute atomic E-state index is 0. The van der Waals surface area contributed by atoms with Gasteiger partial charge in [-0.05, 0) is 38.5 Å². The molecule has 0 unspecified atom stereocenters. The van der Waals surface area contributed by atoms with E-state index < -0.39 is 0 Å². The van der Waals surface area contributed by atoms with Crippen molar-refractivity contribution >= 4 is 0 Å². The summed E-state index contributed by atoms with van der Waals surface area (Å²) >= 11 is 0. The van der Waals surface area contributed by atoms with E-state index in [0.29, 0.717) is 5.41 Å². The van der Waals surface area contributed by atoms with Crippen LogP contribution in [-0.4, -0.2) is 12.1 Å². The summed E-state index contributed by atoms with van der Waals surface area (Å²) in [4.78, 5) is 0. The maximum atomic E-state index is 4.39. The minimum Gasteiger partial charge on any atom is -1.00 e. The van der Waals surface area contributed by atoms with Crippen molar-refractivity contribution in [3.63, 3.8) is 0 Å². The standard InChI is InChI=1S/C18H40N2.2BrH/c1-16(2,17(3,4)18(5,6)20)14-12-10-8-7-9-11-13-15-19;;/h7-15,19-20H2,1-6H3;2*1H. The van der Waals surface area contributed by atoms with Crippen LogP contribution in [0, 0.1) is 10.8 Å². The van der Waals surface area contributed by atoms with Gasteiger partial charge in [0.05, 0.1) is 12.1 Å². The molecule has 0 bridgehead atoms. The number of quaternary nitrogens is 2. The van der Waals surface area contributed by atoms with Gasteiger partial charge in [-0.25, -0.2) is 0 Å². The second-order valence-corrected chi connectivity index (χ2v) is 8.47. The van der Waals surface area contributed by atoms with E-state index in [1.165, 1.54) is 51.4 Å². The van der Waals surface area contributed by atoms with Gasteiger partial charge in [-0.15, -0.1) is 0 Å². The van der Waals surface area contributed by atoms with Gasteiger partial charge in [0.25, 0.3) is 0 Å². The molecule has 0 heterocycles.